The minimum atomic E-state index is -0.276. The van der Waals surface area contributed by atoms with Crippen LogP contribution in [0, 0.1) is 13.8 Å². The topological polar surface area (TPSA) is 64.4 Å². The van der Waals surface area contributed by atoms with E-state index in [1.807, 2.05) is 56.3 Å². The third-order valence-electron chi connectivity index (χ3n) is 3.84. The molecule has 5 heteroatoms. The molecule has 1 amide bonds. The van der Waals surface area contributed by atoms with E-state index in [-0.39, 0.29) is 5.91 Å². The zero-order valence-corrected chi connectivity index (χ0v) is 14.5. The average Bonchev–Trinajstić information content (AvgIpc) is 2.99. The van der Waals surface area contributed by atoms with Gasteiger partial charge in [0.25, 0.3) is 5.91 Å². The summed E-state index contributed by atoms with van der Waals surface area (Å²) in [4.78, 5) is 12.8. The fourth-order valence-corrected chi connectivity index (χ4v) is 2.58. The van der Waals surface area contributed by atoms with Crippen molar-refractivity contribution in [3.8, 4) is 17.1 Å². The van der Waals surface area contributed by atoms with Gasteiger partial charge in [-0.3, -0.25) is 4.79 Å². The van der Waals surface area contributed by atoms with Crippen LogP contribution in [0.3, 0.4) is 0 Å². The molecule has 0 aliphatic rings. The van der Waals surface area contributed by atoms with Crippen LogP contribution in [0.2, 0.25) is 0 Å². The molecule has 0 unspecified atom stereocenters. The number of aromatic nitrogens is 1. The maximum absolute atomic E-state index is 12.8. The molecule has 128 valence electrons. The first-order valence-corrected chi connectivity index (χ1v) is 8.16. The number of aryl methyl sites for hydroxylation is 2. The molecule has 0 atom stereocenters. The number of hydrogen-bond donors (Lipinski definition) is 1. The van der Waals surface area contributed by atoms with Crippen LogP contribution in [-0.2, 0) is 0 Å². The van der Waals surface area contributed by atoms with Gasteiger partial charge in [-0.2, -0.15) is 0 Å². The van der Waals surface area contributed by atoms with Crippen LogP contribution in [-0.4, -0.2) is 17.7 Å². The van der Waals surface area contributed by atoms with E-state index in [1.54, 1.807) is 13.0 Å². The Morgan fingerprint density at radius 3 is 2.56 bits per heavy atom. The molecule has 5 nitrogen and oxygen atoms in total. The largest absolute Gasteiger partial charge is 0.492 e. The maximum Gasteiger partial charge on any atom is 0.261 e. The molecular weight excluding hydrogens is 316 g/mol. The lowest BCUT2D eigenvalue weighted by molar-refractivity contribution is 0.102. The maximum atomic E-state index is 12.8. The van der Waals surface area contributed by atoms with Gasteiger partial charge in [0.1, 0.15) is 11.3 Å². The predicted molar refractivity (Wildman–Crippen MR) is 97.0 cm³/mol. The van der Waals surface area contributed by atoms with Crippen LogP contribution in [0.4, 0.5) is 5.69 Å². The number of para-hydroxylation sites is 2. The van der Waals surface area contributed by atoms with Gasteiger partial charge in [-0.25, -0.2) is 0 Å². The number of anilines is 1. The van der Waals surface area contributed by atoms with Crippen molar-refractivity contribution in [2.24, 2.45) is 0 Å². The number of nitrogens with one attached hydrogen (secondary N) is 1. The fraction of sp³-hybridized carbons (Fsp3) is 0.200. The summed E-state index contributed by atoms with van der Waals surface area (Å²) in [5, 5.41) is 6.87. The highest BCUT2D eigenvalue weighted by atomic mass is 16.5. The Kier molecular flexibility index (Phi) is 4.84. The van der Waals surface area contributed by atoms with Crippen molar-refractivity contribution in [2.75, 3.05) is 11.9 Å². The van der Waals surface area contributed by atoms with Crippen molar-refractivity contribution >= 4 is 11.6 Å². The van der Waals surface area contributed by atoms with Gasteiger partial charge in [-0.1, -0.05) is 47.1 Å². The number of rotatable bonds is 5. The Morgan fingerprint density at radius 1 is 1.12 bits per heavy atom. The highest BCUT2D eigenvalue weighted by molar-refractivity contribution is 6.09. The first kappa shape index (κ1) is 16.8. The van der Waals surface area contributed by atoms with Gasteiger partial charge in [-0.15, -0.1) is 0 Å². The minimum Gasteiger partial charge on any atom is -0.492 e. The molecule has 0 spiro atoms. The van der Waals surface area contributed by atoms with Gasteiger partial charge in [0.2, 0.25) is 0 Å². The Morgan fingerprint density at radius 2 is 1.84 bits per heavy atom. The van der Waals surface area contributed by atoms with Crippen molar-refractivity contribution < 1.29 is 14.1 Å². The molecule has 0 aliphatic heterocycles. The normalized spacial score (nSPS) is 10.5. The van der Waals surface area contributed by atoms with Gasteiger partial charge in [-0.05, 0) is 32.9 Å². The molecule has 2 aromatic carbocycles. The Balaban J connectivity index is 1.93. The molecule has 0 aliphatic carbocycles. The molecule has 1 heterocycles. The Bertz CT molecular complexity index is 882. The molecule has 3 rings (SSSR count). The number of ether oxygens (including phenoxy) is 1. The minimum absolute atomic E-state index is 0.276. The van der Waals surface area contributed by atoms with Crippen molar-refractivity contribution in [3.05, 3.63) is 65.4 Å². The standard InChI is InChI=1S/C20H20N2O3/c1-4-24-17-8-6-5-7-16(17)21-20(23)18-14(3)22-25-19(18)15-11-9-13(2)10-12-15/h5-12H,4H2,1-3H3,(H,21,23). The quantitative estimate of drug-likeness (QED) is 0.739. The Hall–Kier alpha value is -3.08. The smallest absolute Gasteiger partial charge is 0.261 e. The second-order valence-corrected chi connectivity index (χ2v) is 5.72. The van der Waals surface area contributed by atoms with Crippen molar-refractivity contribution in [1.82, 2.24) is 5.16 Å². The number of carbonyl (C=O) groups excluding carboxylic acids is 1. The summed E-state index contributed by atoms with van der Waals surface area (Å²) < 4.78 is 11.0. The summed E-state index contributed by atoms with van der Waals surface area (Å²) in [5.74, 6) is 0.815. The lowest BCUT2D eigenvalue weighted by atomic mass is 10.0. The van der Waals surface area contributed by atoms with Crippen LogP contribution >= 0.6 is 0 Å². The van der Waals surface area contributed by atoms with E-state index < -0.39 is 0 Å². The summed E-state index contributed by atoms with van der Waals surface area (Å²) >= 11 is 0. The first-order chi connectivity index (χ1) is 12.1. The predicted octanol–water partition coefficient (Wildman–Crippen LogP) is 4.61. The molecule has 0 fully saturated rings. The van der Waals surface area contributed by atoms with Crippen molar-refractivity contribution in [3.63, 3.8) is 0 Å². The molecule has 25 heavy (non-hydrogen) atoms. The van der Waals surface area contributed by atoms with Crippen LogP contribution < -0.4 is 10.1 Å². The van der Waals surface area contributed by atoms with Gasteiger partial charge in [0.05, 0.1) is 18.0 Å². The van der Waals surface area contributed by atoms with E-state index in [2.05, 4.69) is 10.5 Å². The molecule has 0 radical (unpaired) electrons. The molecule has 0 bridgehead atoms. The summed E-state index contributed by atoms with van der Waals surface area (Å²) in [6, 6.07) is 15.1. The van der Waals surface area contributed by atoms with Gasteiger partial charge in [0, 0.05) is 5.56 Å². The zero-order valence-electron chi connectivity index (χ0n) is 14.5. The van der Waals surface area contributed by atoms with Crippen molar-refractivity contribution in [1.29, 1.82) is 0 Å². The highest BCUT2D eigenvalue weighted by Gasteiger charge is 2.22. The highest BCUT2D eigenvalue weighted by Crippen LogP contribution is 2.29. The van der Waals surface area contributed by atoms with E-state index in [0.717, 1.165) is 11.1 Å². The number of hydrogen-bond acceptors (Lipinski definition) is 4. The monoisotopic (exact) mass is 336 g/mol. The summed E-state index contributed by atoms with van der Waals surface area (Å²) in [6.07, 6.45) is 0. The van der Waals surface area contributed by atoms with E-state index in [1.165, 1.54) is 0 Å². The number of amides is 1. The molecule has 1 aromatic heterocycles. The van der Waals surface area contributed by atoms with E-state index in [9.17, 15) is 4.79 Å². The Labute approximate surface area is 146 Å². The SMILES string of the molecule is CCOc1ccccc1NC(=O)c1c(C)noc1-c1ccc(C)cc1. The van der Waals surface area contributed by atoms with Crippen LogP contribution in [0.5, 0.6) is 5.75 Å². The molecule has 0 saturated heterocycles. The van der Waals surface area contributed by atoms with Gasteiger partial charge >= 0.3 is 0 Å². The molecule has 1 N–H and O–H groups in total. The summed E-state index contributed by atoms with van der Waals surface area (Å²) in [5.41, 5.74) is 3.54. The van der Waals surface area contributed by atoms with E-state index in [0.29, 0.717) is 35.1 Å². The van der Waals surface area contributed by atoms with Crippen LogP contribution in [0.25, 0.3) is 11.3 Å². The first-order valence-electron chi connectivity index (χ1n) is 8.16. The molecule has 3 aromatic rings. The molecule has 0 saturated carbocycles. The second-order valence-electron chi connectivity index (χ2n) is 5.72. The zero-order chi connectivity index (χ0) is 17.8. The van der Waals surface area contributed by atoms with E-state index in [4.69, 9.17) is 9.26 Å². The number of carbonyl (C=O) groups is 1. The van der Waals surface area contributed by atoms with Crippen LogP contribution in [0.1, 0.15) is 28.5 Å². The lowest BCUT2D eigenvalue weighted by Gasteiger charge is -2.11. The third-order valence-corrected chi connectivity index (χ3v) is 3.84. The van der Waals surface area contributed by atoms with Crippen molar-refractivity contribution in [2.45, 2.75) is 20.8 Å². The lowest BCUT2D eigenvalue weighted by Crippen LogP contribution is -2.14. The number of benzene rings is 2. The molecular formula is C20H20N2O3. The van der Waals surface area contributed by atoms with Gasteiger partial charge in [0.15, 0.2) is 5.76 Å². The fourth-order valence-electron chi connectivity index (χ4n) is 2.58. The average molecular weight is 336 g/mol. The van der Waals surface area contributed by atoms with Crippen LogP contribution in [0.15, 0.2) is 53.1 Å². The summed E-state index contributed by atoms with van der Waals surface area (Å²) in [6.45, 7) is 6.18. The third kappa shape index (κ3) is 3.55. The van der Waals surface area contributed by atoms with E-state index >= 15 is 0 Å². The summed E-state index contributed by atoms with van der Waals surface area (Å²) in [7, 11) is 0. The van der Waals surface area contributed by atoms with Gasteiger partial charge < -0.3 is 14.6 Å². The number of nitrogens with zero attached hydrogens (tertiary/aromatic N) is 1. The second kappa shape index (κ2) is 7.21.